The van der Waals surface area contributed by atoms with E-state index in [-0.39, 0.29) is 18.9 Å². The van der Waals surface area contributed by atoms with Crippen molar-refractivity contribution in [3.8, 4) is 0 Å². The van der Waals surface area contributed by atoms with Gasteiger partial charge in [-0.15, -0.1) is 0 Å². The average Bonchev–Trinajstić information content (AvgIpc) is 2.95. The summed E-state index contributed by atoms with van der Waals surface area (Å²) in [6.07, 6.45) is -3.52. The number of benzene rings is 3. The van der Waals surface area contributed by atoms with E-state index in [9.17, 15) is 15.2 Å². The van der Waals surface area contributed by atoms with Crippen molar-refractivity contribution >= 4 is 5.69 Å². The van der Waals surface area contributed by atoms with E-state index >= 15 is 0 Å². The maximum atomic E-state index is 11.0. The second-order valence-corrected chi connectivity index (χ2v) is 8.68. The number of nitrogens with zero attached hydrogens (tertiary/aromatic N) is 1. The number of non-ortho nitro benzene ring substituents is 1. The first kappa shape index (κ1) is 26.9. The Morgan fingerprint density at radius 2 is 1.24 bits per heavy atom. The number of nitro groups is 1. The molecule has 4 rings (SSSR count). The van der Waals surface area contributed by atoms with Crippen molar-refractivity contribution in [2.24, 2.45) is 0 Å². The van der Waals surface area contributed by atoms with Gasteiger partial charge in [0.2, 0.25) is 0 Å². The number of aliphatic hydroxyl groups excluding tert-OH is 1. The van der Waals surface area contributed by atoms with Crippen LogP contribution in [0.4, 0.5) is 5.69 Å². The van der Waals surface area contributed by atoms with Crippen LogP contribution in [0.15, 0.2) is 84.9 Å². The van der Waals surface area contributed by atoms with E-state index in [1.54, 1.807) is 12.1 Å². The summed E-state index contributed by atoms with van der Waals surface area (Å²) < 4.78 is 30.5. The average molecular weight is 510 g/mol. The number of aliphatic hydroxyl groups is 1. The molecule has 0 radical (unpaired) electrons. The molecule has 0 bridgehead atoms. The molecule has 1 fully saturated rings. The maximum Gasteiger partial charge on any atom is 0.269 e. The largest absolute Gasteiger partial charge is 0.394 e. The van der Waals surface area contributed by atoms with Crippen molar-refractivity contribution in [3.05, 3.63) is 112 Å². The Balaban J connectivity index is 1.55. The fraction of sp³-hybridized carbons (Fsp3) is 0.357. The maximum absolute atomic E-state index is 11.0. The predicted octanol–water partition coefficient (Wildman–Crippen LogP) is 4.01. The summed E-state index contributed by atoms with van der Waals surface area (Å²) in [4.78, 5) is 10.5. The van der Waals surface area contributed by atoms with Crippen LogP contribution in [-0.4, -0.2) is 54.5 Å². The molecule has 1 aliphatic rings. The summed E-state index contributed by atoms with van der Waals surface area (Å²) in [5.74, 6) is 0. The summed E-state index contributed by atoms with van der Waals surface area (Å²) in [5, 5.41) is 21.1. The Kier molecular flexibility index (Phi) is 9.72. The van der Waals surface area contributed by atoms with Crippen LogP contribution >= 0.6 is 0 Å². The van der Waals surface area contributed by atoms with Gasteiger partial charge in [-0.2, -0.15) is 0 Å². The molecule has 0 saturated carbocycles. The van der Waals surface area contributed by atoms with Gasteiger partial charge in [-0.05, 0) is 28.8 Å². The highest BCUT2D eigenvalue weighted by Crippen LogP contribution is 2.31. The second-order valence-electron chi connectivity index (χ2n) is 8.68. The third-order valence-corrected chi connectivity index (χ3v) is 6.16. The highest BCUT2D eigenvalue weighted by Gasteiger charge is 2.48. The Morgan fingerprint density at radius 3 is 1.73 bits per heavy atom. The summed E-state index contributed by atoms with van der Waals surface area (Å²) in [7, 11) is 1.52. The van der Waals surface area contributed by atoms with Crippen LogP contribution in [0, 0.1) is 10.1 Å². The molecule has 1 saturated heterocycles. The van der Waals surface area contributed by atoms with E-state index in [0.717, 1.165) is 16.7 Å². The monoisotopic (exact) mass is 509 g/mol. The predicted molar refractivity (Wildman–Crippen MR) is 134 cm³/mol. The zero-order valence-electron chi connectivity index (χ0n) is 20.6. The molecule has 196 valence electrons. The van der Waals surface area contributed by atoms with E-state index in [1.165, 1.54) is 19.2 Å². The molecule has 37 heavy (non-hydrogen) atoms. The molecule has 1 heterocycles. The van der Waals surface area contributed by atoms with Crippen LogP contribution in [0.1, 0.15) is 16.7 Å². The zero-order valence-corrected chi connectivity index (χ0v) is 20.6. The number of ether oxygens (including phenoxy) is 5. The van der Waals surface area contributed by atoms with Crippen LogP contribution in [0.3, 0.4) is 0 Å². The molecular formula is C28H31NO8. The first-order valence-electron chi connectivity index (χ1n) is 12.0. The topological polar surface area (TPSA) is 110 Å². The first-order valence-corrected chi connectivity index (χ1v) is 12.0. The number of hydrogen-bond acceptors (Lipinski definition) is 8. The van der Waals surface area contributed by atoms with Crippen molar-refractivity contribution < 1.29 is 33.7 Å². The number of methoxy groups -OCH3 is 1. The van der Waals surface area contributed by atoms with E-state index in [2.05, 4.69) is 0 Å². The smallest absolute Gasteiger partial charge is 0.269 e. The van der Waals surface area contributed by atoms with E-state index in [1.807, 2.05) is 60.7 Å². The third-order valence-electron chi connectivity index (χ3n) is 6.16. The molecule has 3 aromatic carbocycles. The minimum Gasteiger partial charge on any atom is -0.394 e. The van der Waals surface area contributed by atoms with Gasteiger partial charge in [0.15, 0.2) is 6.29 Å². The molecule has 0 spiro atoms. The molecule has 0 aromatic heterocycles. The van der Waals surface area contributed by atoms with Gasteiger partial charge >= 0.3 is 0 Å². The van der Waals surface area contributed by atoms with Crippen molar-refractivity contribution in [1.82, 2.24) is 0 Å². The highest BCUT2D eigenvalue weighted by atomic mass is 16.7. The highest BCUT2D eigenvalue weighted by molar-refractivity contribution is 5.32. The number of nitro benzene ring substituents is 1. The van der Waals surface area contributed by atoms with E-state index in [0.29, 0.717) is 13.2 Å². The summed E-state index contributed by atoms with van der Waals surface area (Å²) in [5.41, 5.74) is 2.69. The Morgan fingerprint density at radius 1 is 0.757 bits per heavy atom. The molecule has 5 atom stereocenters. The normalized spacial score (nSPS) is 23.6. The summed E-state index contributed by atoms with van der Waals surface area (Å²) in [6, 6.07) is 25.6. The third kappa shape index (κ3) is 7.20. The van der Waals surface area contributed by atoms with Gasteiger partial charge in [0.05, 0.1) is 31.4 Å². The van der Waals surface area contributed by atoms with Crippen molar-refractivity contribution in [2.75, 3.05) is 13.7 Å². The Labute approximate surface area is 215 Å². The lowest BCUT2D eigenvalue weighted by Crippen LogP contribution is -2.61. The molecule has 9 heteroatoms. The van der Waals surface area contributed by atoms with Crippen molar-refractivity contribution in [3.63, 3.8) is 0 Å². The van der Waals surface area contributed by atoms with Crippen LogP contribution in [0.2, 0.25) is 0 Å². The van der Waals surface area contributed by atoms with Crippen LogP contribution < -0.4 is 0 Å². The molecule has 3 aromatic rings. The fourth-order valence-electron chi connectivity index (χ4n) is 4.22. The number of hydrogen-bond donors (Lipinski definition) is 1. The lowest BCUT2D eigenvalue weighted by molar-refractivity contribution is -0.384. The lowest BCUT2D eigenvalue weighted by atomic mass is 9.98. The van der Waals surface area contributed by atoms with Gasteiger partial charge in [-0.25, -0.2) is 0 Å². The Bertz CT molecular complexity index is 1100. The van der Waals surface area contributed by atoms with Gasteiger partial charge in [-0.3, -0.25) is 10.1 Å². The molecule has 1 aliphatic heterocycles. The second kappa shape index (κ2) is 13.4. The molecule has 9 nitrogen and oxygen atoms in total. The fourth-order valence-corrected chi connectivity index (χ4v) is 4.22. The molecule has 0 unspecified atom stereocenters. The minimum atomic E-state index is -0.791. The molecular weight excluding hydrogens is 478 g/mol. The van der Waals surface area contributed by atoms with Gasteiger partial charge in [0.25, 0.3) is 5.69 Å². The van der Waals surface area contributed by atoms with Gasteiger partial charge in [0.1, 0.15) is 24.4 Å². The SMILES string of the molecule is CO[C@H]1O[C@H](CO)[C@@H](OCc2ccc([N+](=O)[O-])cc2)[C@H](OCc2ccccc2)[C@H]1OCc1ccccc1. The van der Waals surface area contributed by atoms with Gasteiger partial charge < -0.3 is 28.8 Å². The van der Waals surface area contributed by atoms with Crippen LogP contribution in [0.5, 0.6) is 0 Å². The first-order chi connectivity index (χ1) is 18.1. The van der Waals surface area contributed by atoms with Gasteiger partial charge in [-0.1, -0.05) is 60.7 Å². The lowest BCUT2D eigenvalue weighted by Gasteiger charge is -2.45. The molecule has 0 amide bonds. The van der Waals surface area contributed by atoms with Crippen molar-refractivity contribution in [2.45, 2.75) is 50.5 Å². The van der Waals surface area contributed by atoms with E-state index < -0.39 is 35.6 Å². The summed E-state index contributed by atoms with van der Waals surface area (Å²) in [6.45, 7) is 0.416. The summed E-state index contributed by atoms with van der Waals surface area (Å²) >= 11 is 0. The number of rotatable bonds is 12. The molecule has 1 N–H and O–H groups in total. The van der Waals surface area contributed by atoms with Gasteiger partial charge in [0, 0.05) is 19.2 Å². The van der Waals surface area contributed by atoms with Crippen LogP contribution in [-0.2, 0) is 43.5 Å². The van der Waals surface area contributed by atoms with Crippen molar-refractivity contribution in [1.29, 1.82) is 0 Å². The zero-order chi connectivity index (χ0) is 26.0. The van der Waals surface area contributed by atoms with E-state index in [4.69, 9.17) is 23.7 Å². The minimum absolute atomic E-state index is 0.000585. The van der Waals surface area contributed by atoms with Crippen LogP contribution in [0.25, 0.3) is 0 Å². The quantitative estimate of drug-likeness (QED) is 0.288. The standard InChI is InChI=1S/C28H31NO8/c1-33-28-27(36-18-21-10-6-3-7-11-21)26(35-17-20-8-4-2-5-9-20)25(24(16-30)37-28)34-19-22-12-14-23(15-13-22)29(31)32/h2-15,24-28,30H,16-19H2,1H3/t24-,25-,26+,27-,28+/m1/s1. The Hall–Kier alpha value is -3.18. The molecule has 0 aliphatic carbocycles.